The number of thiophene rings is 1. The summed E-state index contributed by atoms with van der Waals surface area (Å²) in [5, 5.41) is 13.6. The Bertz CT molecular complexity index is 1460. The van der Waals surface area contributed by atoms with Gasteiger partial charge < -0.3 is 10.2 Å². The minimum atomic E-state index is -0.193. The van der Waals surface area contributed by atoms with Crippen LogP contribution in [0.15, 0.2) is 29.4 Å². The van der Waals surface area contributed by atoms with Gasteiger partial charge in [0.05, 0.1) is 22.5 Å². The highest BCUT2D eigenvalue weighted by atomic mass is 32.2. The normalized spacial score (nSPS) is 17.6. The van der Waals surface area contributed by atoms with E-state index in [-0.39, 0.29) is 24.1 Å². The quantitative estimate of drug-likeness (QED) is 0.431. The number of benzene rings is 1. The molecule has 4 heterocycles. The van der Waals surface area contributed by atoms with Crippen molar-refractivity contribution in [1.82, 2.24) is 19.6 Å². The van der Waals surface area contributed by atoms with Crippen LogP contribution in [-0.4, -0.2) is 43.7 Å². The first-order valence-corrected chi connectivity index (χ1v) is 13.3. The molecule has 3 aromatic heterocycles. The van der Waals surface area contributed by atoms with Gasteiger partial charge in [-0.3, -0.25) is 14.0 Å². The van der Waals surface area contributed by atoms with E-state index in [1.165, 1.54) is 33.5 Å². The topological polar surface area (TPSA) is 92.5 Å². The number of carbonyl (C=O) groups excluding carboxylic acids is 2. The fourth-order valence-electron chi connectivity index (χ4n) is 4.87. The van der Waals surface area contributed by atoms with Gasteiger partial charge in [0.25, 0.3) is 0 Å². The summed E-state index contributed by atoms with van der Waals surface area (Å²) in [6.07, 6.45) is 4.06. The van der Waals surface area contributed by atoms with E-state index in [4.69, 9.17) is 4.98 Å². The van der Waals surface area contributed by atoms with Crippen LogP contribution in [0.25, 0.3) is 15.9 Å². The van der Waals surface area contributed by atoms with Crippen LogP contribution < -0.4 is 10.2 Å². The van der Waals surface area contributed by atoms with Gasteiger partial charge in [0.2, 0.25) is 11.8 Å². The van der Waals surface area contributed by atoms with Crippen molar-refractivity contribution in [3.63, 3.8) is 0 Å². The lowest BCUT2D eigenvalue weighted by atomic mass is 9.89. The molecule has 10 heteroatoms. The Hall–Kier alpha value is -2.98. The van der Waals surface area contributed by atoms with Crippen LogP contribution in [0.5, 0.6) is 0 Å². The predicted octanol–water partition coefficient (Wildman–Crippen LogP) is 4.10. The van der Waals surface area contributed by atoms with E-state index in [0.29, 0.717) is 16.8 Å². The number of hydrogen-bond acceptors (Lipinski definition) is 7. The summed E-state index contributed by atoms with van der Waals surface area (Å²) in [5.41, 5.74) is 3.58. The molecule has 0 unspecified atom stereocenters. The zero-order chi connectivity index (χ0) is 23.4. The lowest BCUT2D eigenvalue weighted by Gasteiger charge is -2.28. The fraction of sp³-hybridized carbons (Fsp3) is 0.375. The van der Waals surface area contributed by atoms with Crippen molar-refractivity contribution in [3.8, 4) is 0 Å². The highest BCUT2D eigenvalue weighted by molar-refractivity contribution is 7.99. The second-order valence-corrected chi connectivity index (χ2v) is 10.9. The molecule has 2 aliphatic rings. The molecule has 1 aliphatic carbocycles. The number of fused-ring (bicyclic) bond motifs is 6. The summed E-state index contributed by atoms with van der Waals surface area (Å²) in [5.74, 6) is 1.42. The minimum absolute atomic E-state index is 0.0127. The van der Waals surface area contributed by atoms with Crippen molar-refractivity contribution in [2.75, 3.05) is 22.5 Å². The number of nitrogens with zero attached hydrogens (tertiary/aromatic N) is 5. The van der Waals surface area contributed by atoms with Gasteiger partial charge in [-0.05, 0) is 42.9 Å². The molecule has 0 radical (unpaired) electrons. The number of anilines is 2. The number of para-hydroxylation sites is 2. The van der Waals surface area contributed by atoms with Gasteiger partial charge >= 0.3 is 0 Å². The van der Waals surface area contributed by atoms with Gasteiger partial charge in [0.1, 0.15) is 17.2 Å². The van der Waals surface area contributed by atoms with Crippen molar-refractivity contribution in [3.05, 3.63) is 40.5 Å². The first kappa shape index (κ1) is 21.5. The summed E-state index contributed by atoms with van der Waals surface area (Å²) in [4.78, 5) is 34.2. The Balaban J connectivity index is 1.34. The zero-order valence-corrected chi connectivity index (χ0v) is 20.6. The second-order valence-electron chi connectivity index (χ2n) is 8.89. The number of aromatic nitrogens is 4. The lowest BCUT2D eigenvalue weighted by molar-refractivity contribution is -0.120. The molecule has 174 valence electrons. The van der Waals surface area contributed by atoms with E-state index in [2.05, 4.69) is 29.4 Å². The van der Waals surface area contributed by atoms with Crippen LogP contribution in [0.2, 0.25) is 0 Å². The Morgan fingerprint density at radius 1 is 1.29 bits per heavy atom. The molecule has 34 heavy (non-hydrogen) atoms. The van der Waals surface area contributed by atoms with Crippen molar-refractivity contribution in [2.24, 2.45) is 5.92 Å². The number of thioether (sulfide) groups is 1. The molecule has 0 bridgehead atoms. The van der Waals surface area contributed by atoms with E-state index < -0.39 is 0 Å². The van der Waals surface area contributed by atoms with Crippen molar-refractivity contribution >= 4 is 62.2 Å². The summed E-state index contributed by atoms with van der Waals surface area (Å²) in [6, 6.07) is 7.36. The Labute approximate surface area is 204 Å². The number of carbonyl (C=O) groups is 2. The molecule has 0 spiro atoms. The first-order chi connectivity index (χ1) is 16.5. The SMILES string of the molecule is CCc1nc2sc3c(c2c2nnc(SCC(=O)N4CC(=O)Nc5ccccc54)n12)CC[C@@H](C)C3. The number of rotatable bonds is 4. The highest BCUT2D eigenvalue weighted by Gasteiger charge is 2.28. The van der Waals surface area contributed by atoms with Crippen LogP contribution in [0.4, 0.5) is 11.4 Å². The largest absolute Gasteiger partial charge is 0.323 e. The van der Waals surface area contributed by atoms with Crippen LogP contribution in [-0.2, 0) is 28.9 Å². The van der Waals surface area contributed by atoms with E-state index in [9.17, 15) is 9.59 Å². The molecule has 6 rings (SSSR count). The molecule has 0 saturated heterocycles. The van der Waals surface area contributed by atoms with E-state index in [1.807, 2.05) is 22.6 Å². The molecule has 1 aromatic carbocycles. The Kier molecular flexibility index (Phi) is 5.29. The summed E-state index contributed by atoms with van der Waals surface area (Å²) in [6.45, 7) is 4.39. The summed E-state index contributed by atoms with van der Waals surface area (Å²) >= 11 is 3.13. The maximum atomic E-state index is 13.1. The highest BCUT2D eigenvalue weighted by Crippen LogP contribution is 2.40. The molecule has 0 fully saturated rings. The molecule has 4 aromatic rings. The number of aryl methyl sites for hydroxylation is 2. The van der Waals surface area contributed by atoms with Gasteiger partial charge in [0, 0.05) is 11.3 Å². The summed E-state index contributed by atoms with van der Waals surface area (Å²) in [7, 11) is 0. The number of amides is 2. The molecule has 1 aliphatic heterocycles. The maximum Gasteiger partial charge on any atom is 0.244 e. The zero-order valence-electron chi connectivity index (χ0n) is 19.0. The molecular formula is C24H24N6O2S2. The molecular weight excluding hydrogens is 468 g/mol. The predicted molar refractivity (Wildman–Crippen MR) is 135 cm³/mol. The van der Waals surface area contributed by atoms with E-state index in [1.54, 1.807) is 17.4 Å². The van der Waals surface area contributed by atoms with Crippen LogP contribution in [0.1, 0.15) is 36.5 Å². The fourth-order valence-corrected chi connectivity index (χ4v) is 7.09. The van der Waals surface area contributed by atoms with Crippen molar-refractivity contribution < 1.29 is 9.59 Å². The van der Waals surface area contributed by atoms with Gasteiger partial charge in [0.15, 0.2) is 10.8 Å². The lowest BCUT2D eigenvalue weighted by Crippen LogP contribution is -2.43. The van der Waals surface area contributed by atoms with Gasteiger partial charge in [-0.15, -0.1) is 21.5 Å². The molecule has 2 amide bonds. The third-order valence-electron chi connectivity index (χ3n) is 6.55. The third kappa shape index (κ3) is 3.47. The van der Waals surface area contributed by atoms with Crippen molar-refractivity contribution in [1.29, 1.82) is 0 Å². The number of hydrogen-bond donors (Lipinski definition) is 1. The molecule has 1 atom stereocenters. The minimum Gasteiger partial charge on any atom is -0.323 e. The number of nitrogens with one attached hydrogen (secondary N) is 1. The molecule has 1 N–H and O–H groups in total. The van der Waals surface area contributed by atoms with E-state index >= 15 is 0 Å². The second kappa shape index (κ2) is 8.35. The molecule has 0 saturated carbocycles. The van der Waals surface area contributed by atoms with Crippen LogP contribution in [0.3, 0.4) is 0 Å². The monoisotopic (exact) mass is 492 g/mol. The van der Waals surface area contributed by atoms with Gasteiger partial charge in [-0.2, -0.15) is 0 Å². The van der Waals surface area contributed by atoms with E-state index in [0.717, 1.165) is 46.6 Å². The standard InChI is InChI=1S/C24H24N6O2S2/c1-3-18-26-23-21(14-9-8-13(2)10-17(14)34-23)22-27-28-24(30(18)22)33-12-20(32)29-11-19(31)25-15-6-4-5-7-16(15)29/h4-7,13H,3,8-12H2,1-2H3,(H,25,31)/t13-/m1/s1. The van der Waals surface area contributed by atoms with Crippen molar-refractivity contribution in [2.45, 2.75) is 44.7 Å². The maximum absolute atomic E-state index is 13.1. The molecule has 8 nitrogen and oxygen atoms in total. The Morgan fingerprint density at radius 3 is 3.00 bits per heavy atom. The van der Waals surface area contributed by atoms with Gasteiger partial charge in [-0.25, -0.2) is 4.98 Å². The Morgan fingerprint density at radius 2 is 2.15 bits per heavy atom. The van der Waals surface area contributed by atoms with Crippen LogP contribution >= 0.6 is 23.1 Å². The first-order valence-electron chi connectivity index (χ1n) is 11.5. The summed E-state index contributed by atoms with van der Waals surface area (Å²) < 4.78 is 2.02. The average molecular weight is 493 g/mol. The third-order valence-corrected chi connectivity index (χ3v) is 8.61. The van der Waals surface area contributed by atoms with Crippen LogP contribution in [0, 0.1) is 5.92 Å². The average Bonchev–Trinajstić information content (AvgIpc) is 3.41. The van der Waals surface area contributed by atoms with Gasteiger partial charge in [-0.1, -0.05) is 37.7 Å². The smallest absolute Gasteiger partial charge is 0.244 e.